The molecule has 2 aliphatic heterocycles. The number of hydrogen-bond acceptors (Lipinski definition) is 7. The Kier molecular flexibility index (Phi) is 6.81. The molecule has 4 rings (SSSR count). The van der Waals surface area contributed by atoms with E-state index in [0.29, 0.717) is 19.6 Å². The number of nitrogens with one attached hydrogen (secondary N) is 2. The molecular formula is C20H25N3O5S2. The van der Waals surface area contributed by atoms with Crippen molar-refractivity contribution in [2.45, 2.75) is 35.8 Å². The van der Waals surface area contributed by atoms with Crippen LogP contribution in [-0.2, 0) is 24.4 Å². The maximum atomic E-state index is 13.3. The number of ether oxygens (including phenoxy) is 1. The third-order valence-corrected chi connectivity index (χ3v) is 8.64. The summed E-state index contributed by atoms with van der Waals surface area (Å²) in [5.41, 5.74) is 3.36. The van der Waals surface area contributed by atoms with Crippen LogP contribution in [0.5, 0.6) is 0 Å². The van der Waals surface area contributed by atoms with Gasteiger partial charge >= 0.3 is 0 Å². The molecule has 0 spiro atoms. The van der Waals surface area contributed by atoms with Gasteiger partial charge in [-0.3, -0.25) is 4.79 Å². The highest BCUT2D eigenvalue weighted by atomic mass is 32.2. The predicted octanol–water partition coefficient (Wildman–Crippen LogP) is 1.95. The number of carbonyl (C=O) groups is 1. The van der Waals surface area contributed by atoms with Gasteiger partial charge in [0.05, 0.1) is 0 Å². The highest BCUT2D eigenvalue weighted by molar-refractivity contribution is 7.91. The highest BCUT2D eigenvalue weighted by Gasteiger charge is 2.39. The fraction of sp³-hybridized carbons (Fsp3) is 0.450. The molecule has 0 aliphatic carbocycles. The van der Waals surface area contributed by atoms with Crippen molar-refractivity contribution in [3.05, 3.63) is 42.5 Å². The number of thiophene rings is 1. The molecule has 2 saturated heterocycles. The van der Waals surface area contributed by atoms with E-state index < -0.39 is 28.3 Å². The maximum absolute atomic E-state index is 13.3. The smallest absolute Gasteiger partial charge is 0.263 e. The van der Waals surface area contributed by atoms with E-state index in [1.54, 1.807) is 12.1 Å². The van der Waals surface area contributed by atoms with E-state index in [-0.39, 0.29) is 17.3 Å². The summed E-state index contributed by atoms with van der Waals surface area (Å²) < 4.78 is 33.5. The van der Waals surface area contributed by atoms with E-state index in [4.69, 9.17) is 9.57 Å². The quantitative estimate of drug-likeness (QED) is 0.652. The van der Waals surface area contributed by atoms with Gasteiger partial charge in [0.25, 0.3) is 15.9 Å². The monoisotopic (exact) mass is 451 g/mol. The minimum absolute atomic E-state index is 0.207. The van der Waals surface area contributed by atoms with Crippen molar-refractivity contribution < 1.29 is 22.8 Å². The van der Waals surface area contributed by atoms with Crippen LogP contribution in [0.25, 0.3) is 10.4 Å². The summed E-state index contributed by atoms with van der Waals surface area (Å²) in [4.78, 5) is 18.9. The lowest BCUT2D eigenvalue weighted by Crippen LogP contribution is -2.59. The zero-order chi connectivity index (χ0) is 21.0. The molecule has 10 heteroatoms. The summed E-state index contributed by atoms with van der Waals surface area (Å²) in [6.45, 7) is 1.50. The first-order valence-corrected chi connectivity index (χ1v) is 12.3. The van der Waals surface area contributed by atoms with Gasteiger partial charge in [-0.1, -0.05) is 30.3 Å². The van der Waals surface area contributed by atoms with Crippen LogP contribution in [-0.4, -0.2) is 57.2 Å². The van der Waals surface area contributed by atoms with Crippen LogP contribution in [0.3, 0.4) is 0 Å². The van der Waals surface area contributed by atoms with Crippen molar-refractivity contribution in [2.75, 3.05) is 26.2 Å². The van der Waals surface area contributed by atoms with Gasteiger partial charge in [-0.25, -0.2) is 18.7 Å². The lowest BCUT2D eigenvalue weighted by atomic mass is 10.2. The van der Waals surface area contributed by atoms with Crippen LogP contribution in [0.1, 0.15) is 19.3 Å². The molecule has 2 atom stereocenters. The third kappa shape index (κ3) is 4.74. The Balaban J connectivity index is 1.48. The number of hydroxylamine groups is 1. The number of sulfonamides is 1. The molecule has 2 aliphatic rings. The Bertz CT molecular complexity index is 958. The molecule has 2 fully saturated rings. The van der Waals surface area contributed by atoms with E-state index in [2.05, 4.69) is 10.8 Å². The van der Waals surface area contributed by atoms with Crippen LogP contribution in [0.4, 0.5) is 0 Å². The van der Waals surface area contributed by atoms with E-state index in [9.17, 15) is 13.2 Å². The highest BCUT2D eigenvalue weighted by Crippen LogP contribution is 2.33. The average molecular weight is 452 g/mol. The number of rotatable bonds is 6. The average Bonchev–Trinajstić information content (AvgIpc) is 3.30. The Labute approximate surface area is 180 Å². The van der Waals surface area contributed by atoms with E-state index >= 15 is 0 Å². The zero-order valence-corrected chi connectivity index (χ0v) is 18.1. The predicted molar refractivity (Wildman–Crippen MR) is 113 cm³/mol. The molecule has 162 valence electrons. The van der Waals surface area contributed by atoms with Gasteiger partial charge in [-0.2, -0.15) is 4.31 Å². The van der Waals surface area contributed by atoms with E-state index in [0.717, 1.165) is 23.3 Å². The van der Waals surface area contributed by atoms with Crippen LogP contribution < -0.4 is 10.8 Å². The number of amides is 1. The molecule has 1 aromatic heterocycles. The molecular weight excluding hydrogens is 426 g/mol. The standard InChI is InChI=1S/C20H25N3O5S2/c24-20(22-28-18-8-4-5-13-27-18)16-14-21-11-12-23(16)30(25,26)19-10-9-17(29-19)15-6-2-1-3-7-15/h1-3,6-7,9-10,16,18,21H,4-5,8,11-14H2,(H,22,24). The van der Waals surface area contributed by atoms with Gasteiger partial charge in [-0.15, -0.1) is 11.3 Å². The first-order chi connectivity index (χ1) is 14.6. The molecule has 1 amide bonds. The van der Waals surface area contributed by atoms with Crippen molar-refractivity contribution in [1.29, 1.82) is 0 Å². The number of benzene rings is 1. The second-order valence-electron chi connectivity index (χ2n) is 7.20. The second kappa shape index (κ2) is 9.54. The van der Waals surface area contributed by atoms with Gasteiger partial charge < -0.3 is 10.1 Å². The van der Waals surface area contributed by atoms with Crippen molar-refractivity contribution >= 4 is 27.3 Å². The Hall–Kier alpha value is -1.82. The Morgan fingerprint density at radius 3 is 2.80 bits per heavy atom. The number of hydrogen-bond donors (Lipinski definition) is 2. The number of carbonyl (C=O) groups excluding carboxylic acids is 1. The minimum atomic E-state index is -3.82. The van der Waals surface area contributed by atoms with Gasteiger partial charge in [0.2, 0.25) is 0 Å². The van der Waals surface area contributed by atoms with Gasteiger partial charge in [0, 0.05) is 37.5 Å². The zero-order valence-electron chi connectivity index (χ0n) is 16.5. The Morgan fingerprint density at radius 2 is 2.03 bits per heavy atom. The molecule has 0 radical (unpaired) electrons. The normalized spacial score (nSPS) is 23.2. The van der Waals surface area contributed by atoms with Crippen molar-refractivity contribution in [1.82, 2.24) is 15.1 Å². The first-order valence-electron chi connectivity index (χ1n) is 10.0. The summed E-state index contributed by atoms with van der Waals surface area (Å²) in [5.74, 6) is -0.500. The molecule has 3 heterocycles. The first kappa shape index (κ1) is 21.4. The van der Waals surface area contributed by atoms with Crippen LogP contribution in [0.15, 0.2) is 46.7 Å². The summed E-state index contributed by atoms with van der Waals surface area (Å²) >= 11 is 1.20. The molecule has 2 N–H and O–H groups in total. The SMILES string of the molecule is O=C(NOC1CCCCO1)C1CNCCN1S(=O)(=O)c1ccc(-c2ccccc2)s1. The van der Waals surface area contributed by atoms with Crippen molar-refractivity contribution in [3.8, 4) is 10.4 Å². The largest absolute Gasteiger partial charge is 0.350 e. The van der Waals surface area contributed by atoms with Gasteiger partial charge in [-0.05, 0) is 30.5 Å². The van der Waals surface area contributed by atoms with Crippen LogP contribution in [0, 0.1) is 0 Å². The Morgan fingerprint density at radius 1 is 1.20 bits per heavy atom. The molecule has 2 aromatic rings. The lowest BCUT2D eigenvalue weighted by molar-refractivity contribution is -0.202. The molecule has 8 nitrogen and oxygen atoms in total. The van der Waals surface area contributed by atoms with Gasteiger partial charge in [0.1, 0.15) is 10.3 Å². The molecule has 1 aromatic carbocycles. The minimum Gasteiger partial charge on any atom is -0.350 e. The fourth-order valence-electron chi connectivity index (χ4n) is 3.52. The van der Waals surface area contributed by atoms with Crippen molar-refractivity contribution in [2.24, 2.45) is 0 Å². The van der Waals surface area contributed by atoms with Gasteiger partial charge in [0.15, 0.2) is 6.29 Å². The van der Waals surface area contributed by atoms with Crippen molar-refractivity contribution in [3.63, 3.8) is 0 Å². The van der Waals surface area contributed by atoms with Crippen LogP contribution in [0.2, 0.25) is 0 Å². The topological polar surface area (TPSA) is 97.0 Å². The maximum Gasteiger partial charge on any atom is 0.263 e. The third-order valence-electron chi connectivity index (χ3n) is 5.13. The molecule has 2 unspecified atom stereocenters. The molecule has 30 heavy (non-hydrogen) atoms. The lowest BCUT2D eigenvalue weighted by Gasteiger charge is -2.34. The number of nitrogens with zero attached hydrogens (tertiary/aromatic N) is 1. The van der Waals surface area contributed by atoms with E-state index in [1.807, 2.05) is 30.3 Å². The summed E-state index contributed by atoms with van der Waals surface area (Å²) in [6.07, 6.45) is 2.14. The summed E-state index contributed by atoms with van der Waals surface area (Å²) in [5, 5.41) is 3.09. The summed E-state index contributed by atoms with van der Waals surface area (Å²) in [7, 11) is -3.82. The second-order valence-corrected chi connectivity index (χ2v) is 10.4. The van der Waals surface area contributed by atoms with Crippen LogP contribution >= 0.6 is 11.3 Å². The summed E-state index contributed by atoms with van der Waals surface area (Å²) in [6, 6.07) is 12.1. The number of piperazine rings is 1. The molecule has 0 saturated carbocycles. The fourth-order valence-corrected chi connectivity index (χ4v) is 6.55. The van der Waals surface area contributed by atoms with E-state index in [1.165, 1.54) is 15.6 Å². The molecule has 0 bridgehead atoms.